The van der Waals surface area contributed by atoms with Gasteiger partial charge in [-0.1, -0.05) is 40.9 Å². The summed E-state index contributed by atoms with van der Waals surface area (Å²) < 4.78 is 0. The second-order valence-electron chi connectivity index (χ2n) is 4.02. The lowest BCUT2D eigenvalue weighted by Crippen LogP contribution is -2.29. The highest BCUT2D eigenvalue weighted by Gasteiger charge is 2.16. The molecule has 0 aliphatic carbocycles. The normalized spacial score (nSPS) is 10.0. The van der Waals surface area contributed by atoms with Gasteiger partial charge in [-0.2, -0.15) is 0 Å². The van der Waals surface area contributed by atoms with Crippen LogP contribution in [0.2, 0.25) is 15.1 Å². The van der Waals surface area contributed by atoms with Gasteiger partial charge in [0.1, 0.15) is 0 Å². The van der Waals surface area contributed by atoms with Crippen LogP contribution in [0.15, 0.2) is 42.5 Å². The maximum atomic E-state index is 11.8. The summed E-state index contributed by atoms with van der Waals surface area (Å²) in [6.45, 7) is 0. The zero-order valence-corrected chi connectivity index (χ0v) is 12.8. The molecule has 0 radical (unpaired) electrons. The summed E-state index contributed by atoms with van der Waals surface area (Å²) in [4.78, 5) is 23.6. The molecule has 0 aliphatic rings. The lowest BCUT2D eigenvalue weighted by Gasteiger charge is -2.08. The zero-order valence-electron chi connectivity index (χ0n) is 10.5. The Hall–Kier alpha value is -1.75. The highest BCUT2D eigenvalue weighted by Crippen LogP contribution is 2.29. The number of halogens is 3. The molecule has 2 amide bonds. The predicted molar refractivity (Wildman–Crippen MR) is 85.2 cm³/mol. The Balaban J connectivity index is 2.04. The number of hydrogen-bond donors (Lipinski definition) is 2. The summed E-state index contributed by atoms with van der Waals surface area (Å²) >= 11 is 17.5. The molecule has 0 fully saturated rings. The first-order chi connectivity index (χ1) is 9.97. The molecule has 2 aromatic carbocycles. The van der Waals surface area contributed by atoms with Gasteiger partial charge in [0.25, 0.3) is 0 Å². The van der Waals surface area contributed by atoms with E-state index in [0.717, 1.165) is 0 Å². The van der Waals surface area contributed by atoms with Gasteiger partial charge in [0.05, 0.1) is 15.7 Å². The van der Waals surface area contributed by atoms with Crippen molar-refractivity contribution in [1.82, 2.24) is 0 Å². The van der Waals surface area contributed by atoms with Gasteiger partial charge in [0.15, 0.2) is 0 Å². The van der Waals surface area contributed by atoms with Crippen LogP contribution in [0.25, 0.3) is 0 Å². The highest BCUT2D eigenvalue weighted by molar-refractivity contribution is 6.47. The molecule has 2 N–H and O–H groups in total. The summed E-state index contributed by atoms with van der Waals surface area (Å²) in [5.41, 5.74) is 0.720. The summed E-state index contributed by atoms with van der Waals surface area (Å²) in [6, 6.07) is 11.1. The van der Waals surface area contributed by atoms with Crippen molar-refractivity contribution in [1.29, 1.82) is 0 Å². The van der Waals surface area contributed by atoms with Crippen LogP contribution in [0.5, 0.6) is 0 Å². The Morgan fingerprint density at radius 3 is 2.10 bits per heavy atom. The molecule has 2 rings (SSSR count). The standard InChI is InChI=1S/C14H9Cl3N2O2/c15-8-4-6-9(7-5-8)18-13(20)14(21)19-11-3-1-2-10(16)12(11)17/h1-7H,(H,18,20)(H,19,21). The van der Waals surface area contributed by atoms with Crippen molar-refractivity contribution in [2.24, 2.45) is 0 Å². The van der Waals surface area contributed by atoms with Crippen molar-refractivity contribution in [3.05, 3.63) is 57.5 Å². The van der Waals surface area contributed by atoms with Crippen LogP contribution >= 0.6 is 34.8 Å². The van der Waals surface area contributed by atoms with E-state index < -0.39 is 11.8 Å². The molecular weight excluding hydrogens is 335 g/mol. The van der Waals surface area contributed by atoms with E-state index in [1.54, 1.807) is 42.5 Å². The molecule has 0 saturated heterocycles. The van der Waals surface area contributed by atoms with Crippen LogP contribution in [0, 0.1) is 0 Å². The number of nitrogens with one attached hydrogen (secondary N) is 2. The molecule has 0 saturated carbocycles. The molecular formula is C14H9Cl3N2O2. The fourth-order valence-electron chi connectivity index (χ4n) is 1.50. The Morgan fingerprint density at radius 2 is 1.43 bits per heavy atom. The van der Waals surface area contributed by atoms with Gasteiger partial charge in [0, 0.05) is 10.7 Å². The van der Waals surface area contributed by atoms with E-state index in [1.807, 2.05) is 0 Å². The fraction of sp³-hybridized carbons (Fsp3) is 0. The summed E-state index contributed by atoms with van der Waals surface area (Å²) in [5, 5.41) is 5.82. The van der Waals surface area contributed by atoms with E-state index in [0.29, 0.717) is 10.7 Å². The number of benzene rings is 2. The van der Waals surface area contributed by atoms with Crippen LogP contribution in [0.1, 0.15) is 0 Å². The topological polar surface area (TPSA) is 58.2 Å². The van der Waals surface area contributed by atoms with Crippen molar-refractivity contribution < 1.29 is 9.59 Å². The summed E-state index contributed by atoms with van der Waals surface area (Å²) in [5.74, 6) is -1.68. The SMILES string of the molecule is O=C(Nc1ccc(Cl)cc1)C(=O)Nc1cccc(Cl)c1Cl. The predicted octanol–water partition coefficient (Wildman–Crippen LogP) is 4.22. The van der Waals surface area contributed by atoms with Gasteiger partial charge in [0.2, 0.25) is 0 Å². The Bertz CT molecular complexity index is 687. The quantitative estimate of drug-likeness (QED) is 0.802. The maximum Gasteiger partial charge on any atom is 0.314 e. The van der Waals surface area contributed by atoms with E-state index in [9.17, 15) is 9.59 Å². The zero-order chi connectivity index (χ0) is 15.4. The number of amides is 2. The molecule has 0 heterocycles. The molecule has 0 spiro atoms. The molecule has 108 valence electrons. The monoisotopic (exact) mass is 342 g/mol. The van der Waals surface area contributed by atoms with E-state index in [-0.39, 0.29) is 15.7 Å². The maximum absolute atomic E-state index is 11.8. The average Bonchev–Trinajstić information content (AvgIpc) is 2.46. The third-order valence-corrected chi connectivity index (χ3v) is 3.58. The summed E-state index contributed by atoms with van der Waals surface area (Å²) in [7, 11) is 0. The van der Waals surface area contributed by atoms with Crippen molar-refractivity contribution in [3.63, 3.8) is 0 Å². The number of rotatable bonds is 2. The smallest absolute Gasteiger partial charge is 0.314 e. The average molecular weight is 344 g/mol. The first-order valence-corrected chi connectivity index (χ1v) is 6.92. The molecule has 0 aliphatic heterocycles. The van der Waals surface area contributed by atoms with E-state index >= 15 is 0 Å². The third kappa shape index (κ3) is 4.11. The molecule has 0 bridgehead atoms. The lowest BCUT2D eigenvalue weighted by molar-refractivity contribution is -0.132. The van der Waals surface area contributed by atoms with E-state index in [1.165, 1.54) is 0 Å². The van der Waals surface area contributed by atoms with E-state index in [4.69, 9.17) is 34.8 Å². The Kier molecular flexibility index (Phi) is 5.07. The lowest BCUT2D eigenvalue weighted by atomic mass is 10.3. The first-order valence-electron chi connectivity index (χ1n) is 5.79. The van der Waals surface area contributed by atoms with Gasteiger partial charge in [-0.15, -0.1) is 0 Å². The minimum atomic E-state index is -0.853. The molecule has 4 nitrogen and oxygen atoms in total. The van der Waals surface area contributed by atoms with Crippen molar-refractivity contribution in [3.8, 4) is 0 Å². The van der Waals surface area contributed by atoms with Crippen LogP contribution in [0.3, 0.4) is 0 Å². The van der Waals surface area contributed by atoms with Crippen LogP contribution < -0.4 is 10.6 Å². The summed E-state index contributed by atoms with van der Waals surface area (Å²) in [6.07, 6.45) is 0. The Labute approximate surface area is 136 Å². The largest absolute Gasteiger partial charge is 0.318 e. The van der Waals surface area contributed by atoms with Crippen LogP contribution in [0.4, 0.5) is 11.4 Å². The fourth-order valence-corrected chi connectivity index (χ4v) is 1.97. The second-order valence-corrected chi connectivity index (χ2v) is 5.24. The number of anilines is 2. The number of hydrogen-bond acceptors (Lipinski definition) is 2. The minimum absolute atomic E-state index is 0.173. The third-order valence-electron chi connectivity index (χ3n) is 2.51. The van der Waals surface area contributed by atoms with E-state index in [2.05, 4.69) is 10.6 Å². The molecule has 0 atom stereocenters. The van der Waals surface area contributed by atoms with Gasteiger partial charge < -0.3 is 10.6 Å². The molecule has 7 heteroatoms. The van der Waals surface area contributed by atoms with Gasteiger partial charge in [-0.25, -0.2) is 0 Å². The first kappa shape index (κ1) is 15.6. The highest BCUT2D eigenvalue weighted by atomic mass is 35.5. The molecule has 2 aromatic rings. The molecule has 21 heavy (non-hydrogen) atoms. The Morgan fingerprint density at radius 1 is 0.810 bits per heavy atom. The van der Waals surface area contributed by atoms with Crippen LogP contribution in [-0.2, 0) is 9.59 Å². The van der Waals surface area contributed by atoms with Crippen molar-refractivity contribution in [2.75, 3.05) is 10.6 Å². The van der Waals surface area contributed by atoms with Crippen LogP contribution in [-0.4, -0.2) is 11.8 Å². The second kappa shape index (κ2) is 6.80. The number of carbonyl (C=O) groups excluding carboxylic acids is 2. The van der Waals surface area contributed by atoms with Crippen molar-refractivity contribution >= 4 is 58.0 Å². The number of carbonyl (C=O) groups is 2. The molecule has 0 unspecified atom stereocenters. The minimum Gasteiger partial charge on any atom is -0.318 e. The van der Waals surface area contributed by atoms with Gasteiger partial charge in [-0.3, -0.25) is 9.59 Å². The van der Waals surface area contributed by atoms with Gasteiger partial charge in [-0.05, 0) is 36.4 Å². The van der Waals surface area contributed by atoms with Gasteiger partial charge >= 0.3 is 11.8 Å². The molecule has 0 aromatic heterocycles. The van der Waals surface area contributed by atoms with Crippen molar-refractivity contribution in [2.45, 2.75) is 0 Å².